The fourth-order valence-electron chi connectivity index (χ4n) is 2.44. The van der Waals surface area contributed by atoms with Gasteiger partial charge in [0.15, 0.2) is 9.84 Å². The molecule has 0 aromatic heterocycles. The summed E-state index contributed by atoms with van der Waals surface area (Å²) in [5, 5.41) is 0.103. The summed E-state index contributed by atoms with van der Waals surface area (Å²) in [6, 6.07) is 3.81. The monoisotopic (exact) mass is 371 g/mol. The molecule has 2 rings (SSSR count). The Bertz CT molecular complexity index is 747. The van der Waals surface area contributed by atoms with Crippen LogP contribution < -0.4 is 0 Å². The molecule has 0 amide bonds. The third kappa shape index (κ3) is 3.37. The minimum absolute atomic E-state index is 0.00691. The summed E-state index contributed by atoms with van der Waals surface area (Å²) in [4.78, 5) is -0.0946. The highest BCUT2D eigenvalue weighted by molar-refractivity contribution is 7.92. The van der Waals surface area contributed by atoms with E-state index in [9.17, 15) is 16.8 Å². The van der Waals surface area contributed by atoms with Crippen LogP contribution in [0.2, 0.25) is 10.0 Å². The van der Waals surface area contributed by atoms with Gasteiger partial charge in [0.1, 0.15) is 4.90 Å². The molecule has 1 aliphatic rings. The molecule has 1 saturated heterocycles. The van der Waals surface area contributed by atoms with E-state index in [1.54, 1.807) is 6.92 Å². The fourth-order valence-corrected chi connectivity index (χ4v) is 6.66. The molecule has 0 spiro atoms. The molecule has 0 aliphatic carbocycles. The lowest BCUT2D eigenvalue weighted by Gasteiger charge is -2.26. The lowest BCUT2D eigenvalue weighted by Crippen LogP contribution is -2.41. The van der Waals surface area contributed by atoms with Gasteiger partial charge in [-0.15, -0.1) is 0 Å². The van der Waals surface area contributed by atoms with Gasteiger partial charge in [0.05, 0.1) is 21.6 Å². The second-order valence-electron chi connectivity index (χ2n) is 4.82. The van der Waals surface area contributed by atoms with Gasteiger partial charge in [0, 0.05) is 12.6 Å². The van der Waals surface area contributed by atoms with Gasteiger partial charge in [0.2, 0.25) is 10.0 Å². The van der Waals surface area contributed by atoms with Crippen LogP contribution in [0.15, 0.2) is 23.1 Å². The SMILES string of the molecule is CCN([C@@H]1CCS(=O)(=O)C1)S(=O)(=O)c1cccc(Cl)c1Cl. The van der Waals surface area contributed by atoms with E-state index in [0.717, 1.165) is 0 Å². The predicted octanol–water partition coefficient (Wildman–Crippen LogP) is 2.19. The van der Waals surface area contributed by atoms with E-state index in [2.05, 4.69) is 0 Å². The van der Waals surface area contributed by atoms with Crippen LogP contribution in [0.3, 0.4) is 0 Å². The zero-order valence-electron chi connectivity index (χ0n) is 11.3. The molecule has 0 N–H and O–H groups in total. The summed E-state index contributed by atoms with van der Waals surface area (Å²) < 4.78 is 49.8. The van der Waals surface area contributed by atoms with Gasteiger partial charge in [-0.05, 0) is 18.6 Å². The number of hydrogen-bond acceptors (Lipinski definition) is 4. The predicted molar refractivity (Wildman–Crippen MR) is 83.1 cm³/mol. The second kappa shape index (κ2) is 6.04. The van der Waals surface area contributed by atoms with Gasteiger partial charge >= 0.3 is 0 Å². The molecule has 0 radical (unpaired) electrons. The first-order valence-electron chi connectivity index (χ1n) is 6.35. The zero-order valence-corrected chi connectivity index (χ0v) is 14.4. The highest BCUT2D eigenvalue weighted by atomic mass is 35.5. The van der Waals surface area contributed by atoms with E-state index in [1.165, 1.54) is 22.5 Å². The van der Waals surface area contributed by atoms with Gasteiger partial charge in [-0.2, -0.15) is 4.31 Å². The fraction of sp³-hybridized carbons (Fsp3) is 0.500. The van der Waals surface area contributed by atoms with Crippen molar-refractivity contribution in [1.82, 2.24) is 4.31 Å². The van der Waals surface area contributed by atoms with Crippen LogP contribution in [-0.4, -0.2) is 45.2 Å². The molecule has 118 valence electrons. The van der Waals surface area contributed by atoms with Crippen molar-refractivity contribution >= 4 is 43.1 Å². The number of nitrogens with zero attached hydrogens (tertiary/aromatic N) is 1. The quantitative estimate of drug-likeness (QED) is 0.812. The molecular weight excluding hydrogens is 357 g/mol. The minimum atomic E-state index is -3.89. The molecule has 0 unspecified atom stereocenters. The first-order chi connectivity index (χ1) is 9.69. The molecule has 0 bridgehead atoms. The normalized spacial score (nSPS) is 21.8. The van der Waals surface area contributed by atoms with Gasteiger partial charge < -0.3 is 0 Å². The Morgan fingerprint density at radius 1 is 1.33 bits per heavy atom. The number of sulfone groups is 1. The lowest BCUT2D eigenvalue weighted by molar-refractivity contribution is 0.354. The Kier molecular flexibility index (Phi) is 4.90. The molecule has 1 fully saturated rings. The summed E-state index contributed by atoms with van der Waals surface area (Å²) in [7, 11) is -7.06. The van der Waals surface area contributed by atoms with Crippen LogP contribution >= 0.6 is 23.2 Å². The Morgan fingerprint density at radius 2 is 2.00 bits per heavy atom. The maximum absolute atomic E-state index is 12.7. The number of rotatable bonds is 4. The van der Waals surface area contributed by atoms with Gasteiger partial charge in [-0.1, -0.05) is 36.2 Å². The van der Waals surface area contributed by atoms with Crippen molar-refractivity contribution in [1.29, 1.82) is 0 Å². The summed E-state index contributed by atoms with van der Waals surface area (Å²) >= 11 is 11.8. The van der Waals surface area contributed by atoms with Crippen molar-refractivity contribution in [3.05, 3.63) is 28.2 Å². The topological polar surface area (TPSA) is 71.5 Å². The van der Waals surface area contributed by atoms with E-state index in [1.807, 2.05) is 0 Å². The van der Waals surface area contributed by atoms with Gasteiger partial charge in [0.25, 0.3) is 0 Å². The van der Waals surface area contributed by atoms with Crippen molar-refractivity contribution in [2.75, 3.05) is 18.1 Å². The molecule has 1 aromatic rings. The molecule has 5 nitrogen and oxygen atoms in total. The number of sulfonamides is 1. The first-order valence-corrected chi connectivity index (χ1v) is 10.4. The lowest BCUT2D eigenvalue weighted by atomic mass is 10.3. The van der Waals surface area contributed by atoms with Crippen LogP contribution in [0.4, 0.5) is 0 Å². The summed E-state index contributed by atoms with van der Waals surface area (Å²) in [5.41, 5.74) is 0. The number of benzene rings is 1. The van der Waals surface area contributed by atoms with Gasteiger partial charge in [-0.25, -0.2) is 16.8 Å². The summed E-state index contributed by atoms with van der Waals surface area (Å²) in [5.74, 6) is -0.148. The number of hydrogen-bond donors (Lipinski definition) is 0. The highest BCUT2D eigenvalue weighted by Crippen LogP contribution is 2.33. The average molecular weight is 372 g/mol. The Labute approximate surface area is 134 Å². The van der Waals surface area contributed by atoms with Crippen molar-refractivity contribution < 1.29 is 16.8 Å². The van der Waals surface area contributed by atoms with E-state index in [0.29, 0.717) is 6.42 Å². The van der Waals surface area contributed by atoms with E-state index < -0.39 is 25.9 Å². The van der Waals surface area contributed by atoms with Crippen molar-refractivity contribution in [2.45, 2.75) is 24.3 Å². The third-order valence-electron chi connectivity index (χ3n) is 3.43. The zero-order chi connectivity index (χ0) is 15.8. The minimum Gasteiger partial charge on any atom is -0.229 e. The Balaban J connectivity index is 2.44. The molecule has 21 heavy (non-hydrogen) atoms. The molecular formula is C12H15Cl2NO4S2. The molecule has 1 aromatic carbocycles. The molecule has 1 aliphatic heterocycles. The van der Waals surface area contributed by atoms with Crippen molar-refractivity contribution in [3.63, 3.8) is 0 Å². The molecule has 0 saturated carbocycles. The maximum Gasteiger partial charge on any atom is 0.244 e. The maximum atomic E-state index is 12.7. The molecule has 1 atom stereocenters. The highest BCUT2D eigenvalue weighted by Gasteiger charge is 2.38. The Hall–Kier alpha value is -0.340. The average Bonchev–Trinajstić information content (AvgIpc) is 2.73. The van der Waals surface area contributed by atoms with Crippen molar-refractivity contribution in [3.8, 4) is 0 Å². The van der Waals surface area contributed by atoms with Gasteiger partial charge in [-0.3, -0.25) is 0 Å². The smallest absolute Gasteiger partial charge is 0.229 e. The first kappa shape index (κ1) is 17.0. The van der Waals surface area contributed by atoms with Crippen LogP contribution in [0.1, 0.15) is 13.3 Å². The second-order valence-corrected chi connectivity index (χ2v) is 9.69. The largest absolute Gasteiger partial charge is 0.244 e. The van der Waals surface area contributed by atoms with Crippen LogP contribution in [0.5, 0.6) is 0 Å². The van der Waals surface area contributed by atoms with E-state index in [-0.39, 0.29) is 33.0 Å². The van der Waals surface area contributed by atoms with E-state index in [4.69, 9.17) is 23.2 Å². The third-order valence-corrected chi connectivity index (χ3v) is 8.18. The molecule has 9 heteroatoms. The standard InChI is InChI=1S/C12H15Cl2NO4S2/c1-2-15(9-6-7-20(16,17)8-9)21(18,19)11-5-3-4-10(13)12(11)14/h3-5,9H,2,6-8H2,1H3/t9-/m1/s1. The van der Waals surface area contributed by atoms with E-state index >= 15 is 0 Å². The van der Waals surface area contributed by atoms with Crippen LogP contribution in [0.25, 0.3) is 0 Å². The molecule has 1 heterocycles. The Morgan fingerprint density at radius 3 is 2.52 bits per heavy atom. The summed E-state index contributed by atoms with van der Waals surface area (Å²) in [6.07, 6.45) is 0.299. The van der Waals surface area contributed by atoms with Crippen molar-refractivity contribution in [2.24, 2.45) is 0 Å². The number of halogens is 2. The van der Waals surface area contributed by atoms with Crippen LogP contribution in [-0.2, 0) is 19.9 Å². The summed E-state index contributed by atoms with van der Waals surface area (Å²) in [6.45, 7) is 1.84. The van der Waals surface area contributed by atoms with Crippen LogP contribution in [0, 0.1) is 0 Å².